The molecule has 0 aliphatic carbocycles. The van der Waals surface area contributed by atoms with E-state index >= 15 is 0 Å². The van der Waals surface area contributed by atoms with Gasteiger partial charge in [0.1, 0.15) is 10.7 Å². The van der Waals surface area contributed by atoms with Gasteiger partial charge in [-0.25, -0.2) is 4.98 Å². The maximum Gasteiger partial charge on any atom is 0.237 e. The summed E-state index contributed by atoms with van der Waals surface area (Å²) in [4.78, 5) is 17.2. The number of rotatable bonds is 5. The van der Waals surface area contributed by atoms with E-state index < -0.39 is 0 Å². The number of nitrogens with zero attached hydrogens (tertiary/aromatic N) is 3. The van der Waals surface area contributed by atoms with Crippen LogP contribution in [-0.4, -0.2) is 26.8 Å². The summed E-state index contributed by atoms with van der Waals surface area (Å²) >= 11 is 2.92. The number of hydrogen-bond donors (Lipinski definition) is 1. The van der Waals surface area contributed by atoms with Gasteiger partial charge in [-0.05, 0) is 32.0 Å². The zero-order valence-corrected chi connectivity index (χ0v) is 14.2. The van der Waals surface area contributed by atoms with Crippen molar-refractivity contribution in [2.45, 2.75) is 18.9 Å². The summed E-state index contributed by atoms with van der Waals surface area (Å²) in [6, 6.07) is 7.17. The molecule has 118 valence electrons. The third-order valence-corrected chi connectivity index (χ3v) is 4.93. The van der Waals surface area contributed by atoms with Gasteiger partial charge in [0.25, 0.3) is 0 Å². The summed E-state index contributed by atoms with van der Waals surface area (Å²) in [7, 11) is 0. The van der Waals surface area contributed by atoms with E-state index in [0.29, 0.717) is 10.9 Å². The first-order chi connectivity index (χ1) is 11.1. The van der Waals surface area contributed by atoms with Gasteiger partial charge in [0.2, 0.25) is 5.91 Å². The first kappa shape index (κ1) is 15.7. The lowest BCUT2D eigenvalue weighted by Gasteiger charge is -2.02. The Kier molecular flexibility index (Phi) is 4.73. The summed E-state index contributed by atoms with van der Waals surface area (Å²) in [5, 5.41) is 12.8. The van der Waals surface area contributed by atoms with Crippen LogP contribution in [0.5, 0.6) is 0 Å². The van der Waals surface area contributed by atoms with Crippen molar-refractivity contribution >= 4 is 34.9 Å². The summed E-state index contributed by atoms with van der Waals surface area (Å²) in [5.74, 6) is 0.533. The predicted molar refractivity (Wildman–Crippen MR) is 90.7 cm³/mol. The van der Waals surface area contributed by atoms with Crippen LogP contribution in [0.4, 0.5) is 5.88 Å². The van der Waals surface area contributed by atoms with Crippen LogP contribution >= 0.6 is 23.1 Å². The first-order valence-corrected chi connectivity index (χ1v) is 8.66. The molecule has 0 aromatic carbocycles. The predicted octanol–water partition coefficient (Wildman–Crippen LogP) is 3.54. The molecule has 1 N–H and O–H groups in total. The second kappa shape index (κ2) is 6.93. The molecule has 3 rings (SSSR count). The number of hydrogen-bond acceptors (Lipinski definition) is 7. The molecule has 3 aromatic rings. The smallest absolute Gasteiger partial charge is 0.237 e. The van der Waals surface area contributed by atoms with Crippen LogP contribution in [0.2, 0.25) is 0 Å². The maximum atomic E-state index is 11.8. The van der Waals surface area contributed by atoms with Gasteiger partial charge >= 0.3 is 0 Å². The number of anilines is 1. The fraction of sp³-hybridized carbons (Fsp3) is 0.200. The largest absolute Gasteiger partial charge is 0.449 e. The van der Waals surface area contributed by atoms with E-state index in [2.05, 4.69) is 20.5 Å². The highest BCUT2D eigenvalue weighted by Crippen LogP contribution is 2.28. The third-order valence-electron chi connectivity index (χ3n) is 2.91. The number of aromatic nitrogens is 3. The Morgan fingerprint density at radius 2 is 2.17 bits per heavy atom. The number of amides is 1. The van der Waals surface area contributed by atoms with E-state index in [1.807, 2.05) is 26.0 Å². The van der Waals surface area contributed by atoms with Crippen LogP contribution in [0.3, 0.4) is 0 Å². The Hall–Kier alpha value is -2.19. The summed E-state index contributed by atoms with van der Waals surface area (Å²) in [6.45, 7) is 3.93. The molecule has 0 spiro atoms. The standard InChI is InChI=1S/C15H14N4O2S2/c1-9-15(23-10(2)16-9)11-5-6-14(19-18-11)22-8-12(20)17-13-4-3-7-21-13/h3-7H,8H2,1-2H3,(H,17,20). The highest BCUT2D eigenvalue weighted by molar-refractivity contribution is 7.99. The van der Waals surface area contributed by atoms with Crippen LogP contribution in [-0.2, 0) is 4.79 Å². The maximum absolute atomic E-state index is 11.8. The van der Waals surface area contributed by atoms with E-state index in [9.17, 15) is 4.79 Å². The minimum atomic E-state index is -0.148. The van der Waals surface area contributed by atoms with E-state index in [0.717, 1.165) is 21.3 Å². The molecule has 1 amide bonds. The van der Waals surface area contributed by atoms with E-state index in [1.54, 1.807) is 23.5 Å². The molecule has 0 aliphatic rings. The molecule has 23 heavy (non-hydrogen) atoms. The van der Waals surface area contributed by atoms with Crippen molar-refractivity contribution in [3.05, 3.63) is 41.2 Å². The quantitative estimate of drug-likeness (QED) is 0.712. The minimum Gasteiger partial charge on any atom is -0.449 e. The van der Waals surface area contributed by atoms with Crippen molar-refractivity contribution in [1.29, 1.82) is 0 Å². The Bertz CT molecular complexity index is 798. The van der Waals surface area contributed by atoms with Crippen molar-refractivity contribution in [3.8, 4) is 10.6 Å². The third kappa shape index (κ3) is 3.96. The molecule has 0 bridgehead atoms. The molecule has 0 fully saturated rings. The molecule has 6 nitrogen and oxygen atoms in total. The number of nitrogens with one attached hydrogen (secondary N) is 1. The van der Waals surface area contributed by atoms with Gasteiger partial charge in [-0.3, -0.25) is 10.1 Å². The number of carbonyl (C=O) groups is 1. The van der Waals surface area contributed by atoms with Crippen molar-refractivity contribution < 1.29 is 9.21 Å². The van der Waals surface area contributed by atoms with Crippen LogP contribution in [0.25, 0.3) is 10.6 Å². The number of furan rings is 1. The number of thiazole rings is 1. The van der Waals surface area contributed by atoms with Crippen LogP contribution in [0.1, 0.15) is 10.7 Å². The van der Waals surface area contributed by atoms with Crippen LogP contribution < -0.4 is 5.32 Å². The highest BCUT2D eigenvalue weighted by atomic mass is 32.2. The monoisotopic (exact) mass is 346 g/mol. The Labute approximate surface area is 141 Å². The highest BCUT2D eigenvalue weighted by Gasteiger charge is 2.10. The topological polar surface area (TPSA) is 80.9 Å². The van der Waals surface area contributed by atoms with Gasteiger partial charge in [-0.1, -0.05) is 11.8 Å². The van der Waals surface area contributed by atoms with Gasteiger partial charge in [-0.15, -0.1) is 21.5 Å². The van der Waals surface area contributed by atoms with Gasteiger partial charge in [-0.2, -0.15) is 0 Å². The van der Waals surface area contributed by atoms with Gasteiger partial charge in [0.15, 0.2) is 5.88 Å². The molecule has 8 heteroatoms. The summed E-state index contributed by atoms with van der Waals surface area (Å²) in [5.41, 5.74) is 1.76. The molecule has 0 radical (unpaired) electrons. The Morgan fingerprint density at radius 3 is 2.78 bits per heavy atom. The van der Waals surface area contributed by atoms with Gasteiger partial charge in [0, 0.05) is 6.07 Å². The molecule has 3 heterocycles. The fourth-order valence-electron chi connectivity index (χ4n) is 1.95. The van der Waals surface area contributed by atoms with Gasteiger partial charge in [0.05, 0.1) is 27.6 Å². The van der Waals surface area contributed by atoms with E-state index in [-0.39, 0.29) is 11.7 Å². The second-order valence-electron chi connectivity index (χ2n) is 4.72. The number of thioether (sulfide) groups is 1. The minimum absolute atomic E-state index is 0.148. The molecule has 0 saturated heterocycles. The molecular weight excluding hydrogens is 332 g/mol. The lowest BCUT2D eigenvalue weighted by atomic mass is 10.3. The SMILES string of the molecule is Cc1nc(C)c(-c2ccc(SCC(=O)Nc3ccco3)nn2)s1. The van der Waals surface area contributed by atoms with Crippen LogP contribution in [0.15, 0.2) is 40.0 Å². The van der Waals surface area contributed by atoms with Crippen molar-refractivity contribution in [1.82, 2.24) is 15.2 Å². The first-order valence-electron chi connectivity index (χ1n) is 6.86. The van der Waals surface area contributed by atoms with E-state index in [4.69, 9.17) is 4.42 Å². The van der Waals surface area contributed by atoms with Crippen molar-refractivity contribution in [2.24, 2.45) is 0 Å². The zero-order chi connectivity index (χ0) is 16.2. The zero-order valence-electron chi connectivity index (χ0n) is 12.6. The molecule has 0 saturated carbocycles. The van der Waals surface area contributed by atoms with Crippen LogP contribution in [0, 0.1) is 13.8 Å². The molecular formula is C15H14N4O2S2. The van der Waals surface area contributed by atoms with Gasteiger partial charge < -0.3 is 4.42 Å². The Morgan fingerprint density at radius 1 is 1.30 bits per heavy atom. The van der Waals surface area contributed by atoms with E-state index in [1.165, 1.54) is 18.0 Å². The molecule has 0 aliphatic heterocycles. The lowest BCUT2D eigenvalue weighted by Crippen LogP contribution is -2.13. The van der Waals surface area contributed by atoms with Crippen molar-refractivity contribution in [2.75, 3.05) is 11.1 Å². The normalized spacial score (nSPS) is 10.7. The van der Waals surface area contributed by atoms with Crippen molar-refractivity contribution in [3.63, 3.8) is 0 Å². The average molecular weight is 346 g/mol. The number of aryl methyl sites for hydroxylation is 2. The lowest BCUT2D eigenvalue weighted by molar-refractivity contribution is -0.113. The molecule has 3 aromatic heterocycles. The summed E-state index contributed by atoms with van der Waals surface area (Å²) in [6.07, 6.45) is 1.51. The molecule has 0 unspecified atom stereocenters. The second-order valence-corrected chi connectivity index (χ2v) is 6.92. The molecule has 0 atom stereocenters. The summed E-state index contributed by atoms with van der Waals surface area (Å²) < 4.78 is 5.06. The average Bonchev–Trinajstić information content (AvgIpc) is 3.15. The Balaban J connectivity index is 1.59. The fourth-order valence-corrected chi connectivity index (χ4v) is 3.45. The number of carbonyl (C=O) groups excluding carboxylic acids is 1.